The largest absolute Gasteiger partial charge is 0.391 e. The SMILES string of the molecule is C[C@H](O)[C@@H](Nc1ccccc1)C(=O)N[C@@H]1CCCN(c2ncnc3[nH]ccc23)C1. The lowest BCUT2D eigenvalue weighted by Gasteiger charge is -2.35. The number of rotatable bonds is 6. The first-order valence-corrected chi connectivity index (χ1v) is 9.95. The number of fused-ring (bicyclic) bond motifs is 1. The molecule has 1 aliphatic rings. The van der Waals surface area contributed by atoms with Crippen molar-refractivity contribution in [3.63, 3.8) is 0 Å². The van der Waals surface area contributed by atoms with Gasteiger partial charge in [-0.1, -0.05) is 18.2 Å². The van der Waals surface area contributed by atoms with Gasteiger partial charge in [0.25, 0.3) is 0 Å². The molecule has 3 aromatic rings. The van der Waals surface area contributed by atoms with E-state index in [2.05, 4.69) is 30.5 Å². The maximum absolute atomic E-state index is 12.9. The number of hydrogen-bond donors (Lipinski definition) is 4. The van der Waals surface area contributed by atoms with E-state index in [-0.39, 0.29) is 11.9 Å². The zero-order valence-corrected chi connectivity index (χ0v) is 16.4. The maximum atomic E-state index is 12.9. The molecular formula is C21H26N6O2. The molecule has 1 fully saturated rings. The second-order valence-corrected chi connectivity index (χ2v) is 7.46. The Hall–Kier alpha value is -3.13. The van der Waals surface area contributed by atoms with Gasteiger partial charge in [0.15, 0.2) is 0 Å². The zero-order chi connectivity index (χ0) is 20.2. The minimum atomic E-state index is -0.823. The van der Waals surface area contributed by atoms with E-state index in [1.54, 1.807) is 13.3 Å². The van der Waals surface area contributed by atoms with E-state index in [4.69, 9.17) is 0 Å². The summed E-state index contributed by atoms with van der Waals surface area (Å²) in [6, 6.07) is 10.7. The van der Waals surface area contributed by atoms with E-state index in [9.17, 15) is 9.90 Å². The van der Waals surface area contributed by atoms with Crippen molar-refractivity contribution < 1.29 is 9.90 Å². The van der Waals surface area contributed by atoms with Gasteiger partial charge in [0.1, 0.15) is 23.8 Å². The number of nitrogens with zero attached hydrogens (tertiary/aromatic N) is 3. The third-order valence-electron chi connectivity index (χ3n) is 5.26. The molecule has 1 aliphatic heterocycles. The summed E-state index contributed by atoms with van der Waals surface area (Å²) in [5.41, 5.74) is 1.61. The van der Waals surface area contributed by atoms with Gasteiger partial charge in [-0.05, 0) is 38.0 Å². The molecule has 8 heteroatoms. The van der Waals surface area contributed by atoms with Crippen molar-refractivity contribution in [1.29, 1.82) is 0 Å². The average molecular weight is 394 g/mol. The lowest BCUT2D eigenvalue weighted by Crippen LogP contribution is -2.54. The summed E-state index contributed by atoms with van der Waals surface area (Å²) in [5, 5.41) is 17.4. The van der Waals surface area contributed by atoms with Gasteiger partial charge in [0, 0.05) is 31.0 Å². The number of hydrogen-bond acceptors (Lipinski definition) is 6. The van der Waals surface area contributed by atoms with Crippen molar-refractivity contribution in [2.45, 2.75) is 38.0 Å². The van der Waals surface area contributed by atoms with Crippen LogP contribution >= 0.6 is 0 Å². The van der Waals surface area contributed by atoms with Crippen LogP contribution in [0, 0.1) is 0 Å². The summed E-state index contributed by atoms with van der Waals surface area (Å²) < 4.78 is 0. The third kappa shape index (κ3) is 4.32. The summed E-state index contributed by atoms with van der Waals surface area (Å²) in [6.07, 6.45) is 4.43. The highest BCUT2D eigenvalue weighted by Gasteiger charge is 2.29. The molecule has 3 atom stereocenters. The summed E-state index contributed by atoms with van der Waals surface area (Å²) in [4.78, 5) is 26.9. The molecule has 1 saturated heterocycles. The summed E-state index contributed by atoms with van der Waals surface area (Å²) in [7, 11) is 0. The minimum Gasteiger partial charge on any atom is -0.391 e. The predicted molar refractivity (Wildman–Crippen MR) is 113 cm³/mol. The van der Waals surface area contributed by atoms with Crippen molar-refractivity contribution in [3.05, 3.63) is 48.9 Å². The molecule has 1 amide bonds. The van der Waals surface area contributed by atoms with Gasteiger partial charge in [-0.3, -0.25) is 4.79 Å². The molecule has 4 rings (SSSR count). The summed E-state index contributed by atoms with van der Waals surface area (Å²) in [5.74, 6) is 0.676. The molecule has 29 heavy (non-hydrogen) atoms. The average Bonchev–Trinajstić information content (AvgIpc) is 3.21. The predicted octanol–water partition coefficient (Wildman–Crippen LogP) is 1.90. The van der Waals surface area contributed by atoms with Gasteiger partial charge < -0.3 is 25.6 Å². The quantitative estimate of drug-likeness (QED) is 0.509. The van der Waals surface area contributed by atoms with Crippen molar-refractivity contribution >= 4 is 28.4 Å². The highest BCUT2D eigenvalue weighted by molar-refractivity contribution is 5.88. The Kier molecular flexibility index (Phi) is 5.62. The van der Waals surface area contributed by atoms with E-state index in [1.807, 2.05) is 42.6 Å². The Balaban J connectivity index is 1.44. The molecule has 2 aromatic heterocycles. The van der Waals surface area contributed by atoms with E-state index in [0.717, 1.165) is 41.9 Å². The highest BCUT2D eigenvalue weighted by atomic mass is 16.3. The molecule has 4 N–H and O–H groups in total. The molecule has 0 aliphatic carbocycles. The lowest BCUT2D eigenvalue weighted by atomic mass is 10.0. The highest BCUT2D eigenvalue weighted by Crippen LogP contribution is 2.25. The van der Waals surface area contributed by atoms with E-state index in [0.29, 0.717) is 6.54 Å². The van der Waals surface area contributed by atoms with Crippen LogP contribution in [0.3, 0.4) is 0 Å². The molecule has 1 aromatic carbocycles. The van der Waals surface area contributed by atoms with Crippen molar-refractivity contribution in [3.8, 4) is 0 Å². The van der Waals surface area contributed by atoms with Crippen LogP contribution in [-0.4, -0.2) is 57.2 Å². The number of nitrogens with one attached hydrogen (secondary N) is 3. The van der Waals surface area contributed by atoms with Crippen molar-refractivity contribution in [1.82, 2.24) is 20.3 Å². The molecule has 152 valence electrons. The number of piperidine rings is 1. The number of benzene rings is 1. The zero-order valence-electron chi connectivity index (χ0n) is 16.4. The van der Waals surface area contributed by atoms with Crippen LogP contribution in [0.15, 0.2) is 48.9 Å². The van der Waals surface area contributed by atoms with Gasteiger partial charge in [-0.25, -0.2) is 9.97 Å². The normalized spacial score (nSPS) is 19.0. The molecule has 0 bridgehead atoms. The number of H-pyrrole nitrogens is 1. The molecule has 0 unspecified atom stereocenters. The number of aromatic nitrogens is 3. The Morgan fingerprint density at radius 3 is 2.90 bits per heavy atom. The topological polar surface area (TPSA) is 106 Å². The van der Waals surface area contributed by atoms with Crippen LogP contribution in [0.4, 0.5) is 11.5 Å². The van der Waals surface area contributed by atoms with Gasteiger partial charge >= 0.3 is 0 Å². The fraction of sp³-hybridized carbons (Fsp3) is 0.381. The standard InChI is InChI=1S/C21H26N6O2/c1-14(28)18(25-15-6-3-2-4-7-15)21(29)26-16-8-5-11-27(12-16)20-17-9-10-22-19(17)23-13-24-20/h2-4,6-7,9-10,13-14,16,18,25,28H,5,8,11-12H2,1H3,(H,26,29)(H,22,23,24)/t14-,16+,18+/m0/s1. The van der Waals surface area contributed by atoms with Crippen LogP contribution in [0.5, 0.6) is 0 Å². The Bertz CT molecular complexity index is 958. The first-order chi connectivity index (χ1) is 14.1. The molecular weight excluding hydrogens is 368 g/mol. The Morgan fingerprint density at radius 1 is 1.28 bits per heavy atom. The number of carbonyl (C=O) groups excluding carboxylic acids is 1. The fourth-order valence-electron chi connectivity index (χ4n) is 3.81. The van der Waals surface area contributed by atoms with Gasteiger partial charge in [-0.15, -0.1) is 0 Å². The number of aliphatic hydroxyl groups excluding tert-OH is 1. The van der Waals surface area contributed by atoms with Gasteiger partial charge in [-0.2, -0.15) is 0 Å². The van der Waals surface area contributed by atoms with Crippen LogP contribution < -0.4 is 15.5 Å². The second kappa shape index (κ2) is 8.48. The monoisotopic (exact) mass is 394 g/mol. The summed E-state index contributed by atoms with van der Waals surface area (Å²) >= 11 is 0. The molecule has 3 heterocycles. The number of para-hydroxylation sites is 1. The first-order valence-electron chi connectivity index (χ1n) is 9.95. The number of aliphatic hydroxyl groups is 1. The van der Waals surface area contributed by atoms with Crippen LogP contribution in [0.2, 0.25) is 0 Å². The Morgan fingerprint density at radius 2 is 2.10 bits per heavy atom. The van der Waals surface area contributed by atoms with Crippen LogP contribution in [-0.2, 0) is 4.79 Å². The van der Waals surface area contributed by atoms with Crippen LogP contribution in [0.25, 0.3) is 11.0 Å². The van der Waals surface area contributed by atoms with E-state index < -0.39 is 12.1 Å². The lowest BCUT2D eigenvalue weighted by molar-refractivity contribution is -0.124. The third-order valence-corrected chi connectivity index (χ3v) is 5.26. The fourth-order valence-corrected chi connectivity index (χ4v) is 3.81. The number of anilines is 2. The minimum absolute atomic E-state index is 0.0148. The molecule has 0 spiro atoms. The van der Waals surface area contributed by atoms with Crippen LogP contribution in [0.1, 0.15) is 19.8 Å². The second-order valence-electron chi connectivity index (χ2n) is 7.46. The van der Waals surface area contributed by atoms with Crippen molar-refractivity contribution in [2.24, 2.45) is 0 Å². The first kappa shape index (κ1) is 19.2. The van der Waals surface area contributed by atoms with Crippen molar-refractivity contribution in [2.75, 3.05) is 23.3 Å². The van der Waals surface area contributed by atoms with Gasteiger partial charge in [0.2, 0.25) is 5.91 Å². The number of carbonyl (C=O) groups is 1. The van der Waals surface area contributed by atoms with Gasteiger partial charge in [0.05, 0.1) is 11.5 Å². The molecule has 0 saturated carbocycles. The smallest absolute Gasteiger partial charge is 0.245 e. The molecule has 0 radical (unpaired) electrons. The number of aromatic amines is 1. The summed E-state index contributed by atoms with van der Waals surface area (Å²) in [6.45, 7) is 3.17. The van der Waals surface area contributed by atoms with E-state index in [1.165, 1.54) is 0 Å². The number of amides is 1. The van der Waals surface area contributed by atoms with E-state index >= 15 is 0 Å². The maximum Gasteiger partial charge on any atom is 0.245 e. The molecule has 8 nitrogen and oxygen atoms in total. The Labute approximate surface area is 169 Å².